The van der Waals surface area contributed by atoms with E-state index in [1.165, 1.54) is 4.68 Å². The minimum Gasteiger partial charge on any atom is -0.494 e. The van der Waals surface area contributed by atoms with Crippen molar-refractivity contribution in [1.29, 1.82) is 0 Å². The molecule has 8 heteroatoms. The minimum atomic E-state index is -0.201. The zero-order chi connectivity index (χ0) is 16.9. The van der Waals surface area contributed by atoms with Gasteiger partial charge in [0.05, 0.1) is 6.61 Å². The van der Waals surface area contributed by atoms with Crippen molar-refractivity contribution in [2.45, 2.75) is 13.5 Å². The molecule has 2 aromatic heterocycles. The lowest BCUT2D eigenvalue weighted by Crippen LogP contribution is -2.20. The molecule has 0 aliphatic carbocycles. The number of carbonyl (C=O) groups excluding carboxylic acids is 1. The fourth-order valence-electron chi connectivity index (χ4n) is 2.20. The third kappa shape index (κ3) is 3.54. The highest BCUT2D eigenvalue weighted by molar-refractivity contribution is 7.71. The molecule has 124 valence electrons. The lowest BCUT2D eigenvalue weighted by molar-refractivity contribution is -0.116. The Kier molecular flexibility index (Phi) is 4.76. The second kappa shape index (κ2) is 7.14. The molecule has 1 aromatic carbocycles. The molecule has 0 saturated carbocycles. The SMILES string of the molecule is CCOc1ccc(NC(=O)Cn2ncn(-n3cccc3)c2=S)cc1. The summed E-state index contributed by atoms with van der Waals surface area (Å²) in [5.41, 5.74) is 0.694. The standard InChI is InChI=1S/C16H17N5O2S/c1-2-23-14-7-5-13(6-8-14)18-15(22)11-20-16(24)21(12-17-20)19-9-3-4-10-19/h3-10,12H,2,11H2,1H3,(H,18,22). The summed E-state index contributed by atoms with van der Waals surface area (Å²) in [5, 5.41) is 6.98. The molecule has 0 unspecified atom stereocenters. The largest absolute Gasteiger partial charge is 0.494 e. The summed E-state index contributed by atoms with van der Waals surface area (Å²) in [6.07, 6.45) is 5.27. The van der Waals surface area contributed by atoms with Crippen LogP contribution in [0, 0.1) is 4.77 Å². The van der Waals surface area contributed by atoms with Gasteiger partial charge in [-0.2, -0.15) is 5.10 Å². The van der Waals surface area contributed by atoms with Crippen LogP contribution in [0.1, 0.15) is 6.92 Å². The molecule has 0 spiro atoms. The van der Waals surface area contributed by atoms with Crippen molar-refractivity contribution in [1.82, 2.24) is 19.1 Å². The van der Waals surface area contributed by atoms with Crippen LogP contribution >= 0.6 is 12.2 Å². The Hall–Kier alpha value is -2.87. The Balaban J connectivity index is 1.66. The summed E-state index contributed by atoms with van der Waals surface area (Å²) in [6.45, 7) is 2.57. The van der Waals surface area contributed by atoms with Crippen LogP contribution in [0.3, 0.4) is 0 Å². The highest BCUT2D eigenvalue weighted by Crippen LogP contribution is 2.15. The smallest absolute Gasteiger partial charge is 0.246 e. The van der Waals surface area contributed by atoms with E-state index in [4.69, 9.17) is 17.0 Å². The van der Waals surface area contributed by atoms with Gasteiger partial charge in [-0.25, -0.2) is 9.36 Å². The Morgan fingerprint density at radius 2 is 1.96 bits per heavy atom. The van der Waals surface area contributed by atoms with Crippen LogP contribution in [0.15, 0.2) is 55.1 Å². The molecule has 0 fully saturated rings. The molecule has 1 amide bonds. The number of rotatable bonds is 6. The van der Waals surface area contributed by atoms with Crippen LogP contribution in [0.4, 0.5) is 5.69 Å². The van der Waals surface area contributed by atoms with Crippen LogP contribution in [0.25, 0.3) is 0 Å². The van der Waals surface area contributed by atoms with E-state index in [2.05, 4.69) is 10.4 Å². The number of carbonyl (C=O) groups is 1. The van der Waals surface area contributed by atoms with Gasteiger partial charge in [0.15, 0.2) is 0 Å². The van der Waals surface area contributed by atoms with E-state index in [1.54, 1.807) is 27.8 Å². The number of hydrogen-bond acceptors (Lipinski definition) is 4. The van der Waals surface area contributed by atoms with Crippen LogP contribution in [-0.4, -0.2) is 31.6 Å². The van der Waals surface area contributed by atoms with Crippen LogP contribution in [0.5, 0.6) is 5.75 Å². The Labute approximate surface area is 144 Å². The van der Waals surface area contributed by atoms with E-state index in [0.29, 0.717) is 17.1 Å². The van der Waals surface area contributed by atoms with Gasteiger partial charge in [-0.1, -0.05) is 0 Å². The van der Waals surface area contributed by atoms with E-state index in [1.807, 2.05) is 43.6 Å². The molecule has 0 aliphatic heterocycles. The quantitative estimate of drug-likeness (QED) is 0.699. The highest BCUT2D eigenvalue weighted by atomic mass is 32.1. The number of nitrogens with zero attached hydrogens (tertiary/aromatic N) is 4. The molecule has 1 N–H and O–H groups in total. The van der Waals surface area contributed by atoms with Gasteiger partial charge < -0.3 is 10.1 Å². The number of benzene rings is 1. The Morgan fingerprint density at radius 1 is 1.25 bits per heavy atom. The fraction of sp³-hybridized carbons (Fsp3) is 0.188. The molecular weight excluding hydrogens is 326 g/mol. The molecule has 0 atom stereocenters. The first-order valence-corrected chi connectivity index (χ1v) is 7.89. The maximum Gasteiger partial charge on any atom is 0.246 e. The lowest BCUT2D eigenvalue weighted by Gasteiger charge is -2.07. The van der Waals surface area contributed by atoms with Crippen molar-refractivity contribution in [3.05, 3.63) is 59.9 Å². The van der Waals surface area contributed by atoms with E-state index < -0.39 is 0 Å². The highest BCUT2D eigenvalue weighted by Gasteiger charge is 2.08. The summed E-state index contributed by atoms with van der Waals surface area (Å²) in [7, 11) is 0. The first-order chi connectivity index (χ1) is 11.7. The third-order valence-corrected chi connectivity index (χ3v) is 3.69. The maximum absolute atomic E-state index is 12.2. The fourth-order valence-corrected chi connectivity index (χ4v) is 2.46. The minimum absolute atomic E-state index is 0.0420. The van der Waals surface area contributed by atoms with Crippen molar-refractivity contribution < 1.29 is 9.53 Å². The Bertz CT molecular complexity index is 865. The number of anilines is 1. The number of hydrogen-bond donors (Lipinski definition) is 1. The summed E-state index contributed by atoms with van der Waals surface area (Å²) >= 11 is 5.35. The van der Waals surface area contributed by atoms with Gasteiger partial charge in [-0.05, 0) is 55.5 Å². The van der Waals surface area contributed by atoms with Gasteiger partial charge in [-0.3, -0.25) is 9.47 Å². The molecular formula is C16H17N5O2S. The first-order valence-electron chi connectivity index (χ1n) is 7.48. The molecule has 3 rings (SSSR count). The topological polar surface area (TPSA) is 66.0 Å². The molecule has 0 saturated heterocycles. The molecule has 0 aliphatic rings. The molecule has 3 aromatic rings. The van der Waals surface area contributed by atoms with Gasteiger partial charge in [0, 0.05) is 18.1 Å². The average molecular weight is 343 g/mol. The normalized spacial score (nSPS) is 10.5. The molecule has 0 bridgehead atoms. The van der Waals surface area contributed by atoms with E-state index in [0.717, 1.165) is 5.75 Å². The zero-order valence-electron chi connectivity index (χ0n) is 13.1. The van der Waals surface area contributed by atoms with Gasteiger partial charge >= 0.3 is 0 Å². The predicted molar refractivity (Wildman–Crippen MR) is 92.5 cm³/mol. The summed E-state index contributed by atoms with van der Waals surface area (Å²) in [5.74, 6) is 0.566. The van der Waals surface area contributed by atoms with Crippen molar-refractivity contribution in [2.24, 2.45) is 0 Å². The average Bonchev–Trinajstić information content (AvgIpc) is 3.20. The summed E-state index contributed by atoms with van der Waals surface area (Å²) in [6, 6.07) is 11.0. The van der Waals surface area contributed by atoms with Gasteiger partial charge in [0.2, 0.25) is 10.7 Å². The molecule has 24 heavy (non-hydrogen) atoms. The summed E-state index contributed by atoms with van der Waals surface area (Å²) in [4.78, 5) is 12.2. The predicted octanol–water partition coefficient (Wildman–Crippen LogP) is 2.56. The maximum atomic E-state index is 12.2. The Morgan fingerprint density at radius 3 is 2.62 bits per heavy atom. The van der Waals surface area contributed by atoms with Crippen LogP contribution < -0.4 is 10.1 Å². The molecule has 7 nitrogen and oxygen atoms in total. The number of aromatic nitrogens is 4. The van der Waals surface area contributed by atoms with Gasteiger partial charge in [0.1, 0.15) is 18.6 Å². The van der Waals surface area contributed by atoms with E-state index in [9.17, 15) is 4.79 Å². The number of nitrogens with one attached hydrogen (secondary N) is 1. The van der Waals surface area contributed by atoms with Crippen molar-refractivity contribution in [3.8, 4) is 5.75 Å². The monoisotopic (exact) mass is 343 g/mol. The number of ether oxygens (including phenoxy) is 1. The summed E-state index contributed by atoms with van der Waals surface area (Å²) < 4.78 is 10.7. The van der Waals surface area contributed by atoms with E-state index >= 15 is 0 Å². The van der Waals surface area contributed by atoms with Crippen LogP contribution in [0.2, 0.25) is 0 Å². The van der Waals surface area contributed by atoms with Gasteiger partial charge in [-0.15, -0.1) is 0 Å². The van der Waals surface area contributed by atoms with Crippen LogP contribution in [-0.2, 0) is 11.3 Å². The van der Waals surface area contributed by atoms with Crippen molar-refractivity contribution in [2.75, 3.05) is 11.9 Å². The van der Waals surface area contributed by atoms with E-state index in [-0.39, 0.29) is 12.5 Å². The van der Waals surface area contributed by atoms with Crippen molar-refractivity contribution in [3.63, 3.8) is 0 Å². The first kappa shape index (κ1) is 16.0. The van der Waals surface area contributed by atoms with Crippen molar-refractivity contribution >= 4 is 23.8 Å². The second-order valence-corrected chi connectivity index (χ2v) is 5.35. The number of amides is 1. The molecule has 0 radical (unpaired) electrons. The van der Waals surface area contributed by atoms with Gasteiger partial charge in [0.25, 0.3) is 0 Å². The molecule has 2 heterocycles. The zero-order valence-corrected chi connectivity index (χ0v) is 13.9. The lowest BCUT2D eigenvalue weighted by atomic mass is 10.3. The third-order valence-electron chi connectivity index (χ3n) is 3.30. The second-order valence-electron chi connectivity index (χ2n) is 4.98.